The third-order valence-corrected chi connectivity index (χ3v) is 5.94. The highest BCUT2D eigenvalue weighted by Gasteiger charge is 2.19. The minimum Gasteiger partial charge on any atom is -0.453 e. The van der Waals surface area contributed by atoms with E-state index in [4.69, 9.17) is 4.74 Å². The molecule has 0 unspecified atom stereocenters. The molecule has 0 spiro atoms. The van der Waals surface area contributed by atoms with Gasteiger partial charge in [-0.1, -0.05) is 68.4 Å². The number of carbonyl (C=O) groups is 2. The summed E-state index contributed by atoms with van der Waals surface area (Å²) in [5.41, 5.74) is 3.31. The number of aryl methyl sites for hydroxylation is 1. The largest absolute Gasteiger partial charge is 0.453 e. The first-order valence-electron chi connectivity index (χ1n) is 9.32. The molecule has 144 valence electrons. The summed E-state index contributed by atoms with van der Waals surface area (Å²) in [6, 6.07) is 17.2. The maximum Gasteiger partial charge on any atom is 0.350 e. The van der Waals surface area contributed by atoms with Gasteiger partial charge in [0.05, 0.1) is 5.69 Å². The Morgan fingerprint density at radius 3 is 2.39 bits per heavy atom. The molecule has 4 nitrogen and oxygen atoms in total. The van der Waals surface area contributed by atoms with Crippen molar-refractivity contribution in [1.29, 1.82) is 0 Å². The van der Waals surface area contributed by atoms with Gasteiger partial charge in [0.1, 0.15) is 9.88 Å². The number of nitrogens with zero attached hydrogens (tertiary/aromatic N) is 1. The zero-order valence-corrected chi connectivity index (χ0v) is 17.1. The Kier molecular flexibility index (Phi) is 6.37. The number of thiazole rings is 1. The lowest BCUT2D eigenvalue weighted by Crippen LogP contribution is -2.14. The Hall–Kier alpha value is -2.79. The zero-order chi connectivity index (χ0) is 20.1. The van der Waals surface area contributed by atoms with Crippen LogP contribution in [0, 0.1) is 6.92 Å². The fourth-order valence-corrected chi connectivity index (χ4v) is 3.77. The van der Waals surface area contributed by atoms with Crippen molar-refractivity contribution < 1.29 is 14.3 Å². The lowest BCUT2D eigenvalue weighted by Gasteiger charge is -2.09. The van der Waals surface area contributed by atoms with Crippen LogP contribution < -0.4 is 0 Å². The Labute approximate surface area is 169 Å². The summed E-state index contributed by atoms with van der Waals surface area (Å²) < 4.78 is 5.26. The average molecular weight is 394 g/mol. The van der Waals surface area contributed by atoms with Gasteiger partial charge in [0.2, 0.25) is 0 Å². The molecule has 1 atom stereocenters. The minimum absolute atomic E-state index is 0.213. The van der Waals surface area contributed by atoms with Crippen LogP contribution in [-0.2, 0) is 4.74 Å². The predicted octanol–water partition coefficient (Wildman–Crippen LogP) is 5.67. The highest BCUT2D eigenvalue weighted by molar-refractivity contribution is 7.17. The minimum atomic E-state index is -0.512. The second-order valence-electron chi connectivity index (χ2n) is 6.73. The molecule has 0 bridgehead atoms. The van der Waals surface area contributed by atoms with E-state index in [0.717, 1.165) is 17.0 Å². The smallest absolute Gasteiger partial charge is 0.350 e. The monoisotopic (exact) mass is 393 g/mol. The predicted molar refractivity (Wildman–Crippen MR) is 112 cm³/mol. The van der Waals surface area contributed by atoms with Crippen LogP contribution in [0.3, 0.4) is 0 Å². The van der Waals surface area contributed by atoms with Gasteiger partial charge in [-0.05, 0) is 24.8 Å². The first-order valence-corrected chi connectivity index (χ1v) is 10.1. The number of hydrogen-bond acceptors (Lipinski definition) is 5. The van der Waals surface area contributed by atoms with E-state index in [1.54, 1.807) is 19.1 Å². The van der Waals surface area contributed by atoms with Crippen molar-refractivity contribution in [2.45, 2.75) is 33.1 Å². The number of ketones is 1. The summed E-state index contributed by atoms with van der Waals surface area (Å²) in [5, 5.41) is 0.761. The molecule has 1 heterocycles. The highest BCUT2D eigenvalue weighted by atomic mass is 32.1. The summed E-state index contributed by atoms with van der Waals surface area (Å²) in [5.74, 6) is -0.272. The van der Waals surface area contributed by atoms with Crippen LogP contribution >= 0.6 is 11.3 Å². The summed E-state index contributed by atoms with van der Waals surface area (Å²) in [6.45, 7) is 5.78. The molecule has 1 aromatic heterocycles. The van der Waals surface area contributed by atoms with Crippen molar-refractivity contribution >= 4 is 23.1 Å². The molecule has 3 aromatic rings. The Bertz CT molecular complexity index is 961. The topological polar surface area (TPSA) is 56.3 Å². The van der Waals surface area contributed by atoms with Gasteiger partial charge in [0.15, 0.2) is 12.4 Å². The number of rotatable bonds is 7. The van der Waals surface area contributed by atoms with E-state index in [1.807, 2.05) is 42.5 Å². The van der Waals surface area contributed by atoms with Crippen LogP contribution in [0.4, 0.5) is 0 Å². The molecule has 0 aliphatic carbocycles. The Morgan fingerprint density at radius 2 is 1.75 bits per heavy atom. The van der Waals surface area contributed by atoms with Crippen LogP contribution in [0.5, 0.6) is 0 Å². The molecule has 0 amide bonds. The second kappa shape index (κ2) is 8.93. The fraction of sp³-hybridized carbons (Fsp3) is 0.261. The van der Waals surface area contributed by atoms with Gasteiger partial charge in [-0.3, -0.25) is 4.79 Å². The van der Waals surface area contributed by atoms with Crippen LogP contribution in [-0.4, -0.2) is 23.3 Å². The molecular formula is C23H23NO3S. The van der Waals surface area contributed by atoms with Gasteiger partial charge in [-0.25, -0.2) is 9.78 Å². The molecule has 5 heteroatoms. The normalized spacial score (nSPS) is 11.8. The molecule has 0 aliphatic rings. The standard InChI is InChI=1S/C23H23NO3S/c1-4-15(2)17-10-12-18(13-11-17)20(25)14-27-23(26)21-16(3)24-22(28-21)19-8-6-5-7-9-19/h5-13,15H,4,14H2,1-3H3/t15-/m1/s1. The third kappa shape index (κ3) is 4.54. The average Bonchev–Trinajstić information content (AvgIpc) is 3.13. The van der Waals surface area contributed by atoms with Crippen molar-refractivity contribution in [2.24, 2.45) is 0 Å². The Balaban J connectivity index is 1.64. The third-order valence-electron chi connectivity index (χ3n) is 4.75. The van der Waals surface area contributed by atoms with Crippen LogP contribution in [0.2, 0.25) is 0 Å². The zero-order valence-electron chi connectivity index (χ0n) is 16.3. The van der Waals surface area contributed by atoms with Gasteiger partial charge in [0, 0.05) is 11.1 Å². The number of carbonyl (C=O) groups excluding carboxylic acids is 2. The van der Waals surface area contributed by atoms with E-state index < -0.39 is 5.97 Å². The van der Waals surface area contributed by atoms with Crippen molar-refractivity contribution in [3.05, 3.63) is 76.3 Å². The number of benzene rings is 2. The summed E-state index contributed by atoms with van der Waals surface area (Å²) in [6.07, 6.45) is 1.05. The summed E-state index contributed by atoms with van der Waals surface area (Å²) in [7, 11) is 0. The molecule has 0 fully saturated rings. The molecular weight excluding hydrogens is 370 g/mol. The van der Waals surface area contributed by atoms with Gasteiger partial charge in [-0.15, -0.1) is 11.3 Å². The Morgan fingerprint density at radius 1 is 1.07 bits per heavy atom. The summed E-state index contributed by atoms with van der Waals surface area (Å²) >= 11 is 1.28. The number of hydrogen-bond donors (Lipinski definition) is 0. The van der Waals surface area contributed by atoms with Crippen molar-refractivity contribution in [3.8, 4) is 10.6 Å². The molecule has 0 radical (unpaired) electrons. The van der Waals surface area contributed by atoms with E-state index >= 15 is 0 Å². The van der Waals surface area contributed by atoms with Crippen molar-refractivity contribution in [1.82, 2.24) is 4.98 Å². The summed E-state index contributed by atoms with van der Waals surface area (Å²) in [4.78, 5) is 29.7. The van der Waals surface area contributed by atoms with E-state index in [1.165, 1.54) is 16.9 Å². The first-order chi connectivity index (χ1) is 13.5. The van der Waals surface area contributed by atoms with Crippen molar-refractivity contribution in [2.75, 3.05) is 6.61 Å². The fourth-order valence-electron chi connectivity index (χ4n) is 2.80. The maximum absolute atomic E-state index is 12.4. The molecule has 0 aliphatic heterocycles. The van der Waals surface area contributed by atoms with E-state index in [9.17, 15) is 9.59 Å². The first kappa shape index (κ1) is 20.0. The van der Waals surface area contributed by atoms with Crippen LogP contribution in [0.1, 0.15) is 57.5 Å². The SMILES string of the molecule is CC[C@@H](C)c1ccc(C(=O)COC(=O)c2sc(-c3ccccc3)nc2C)cc1. The van der Waals surface area contributed by atoms with Crippen LogP contribution in [0.15, 0.2) is 54.6 Å². The van der Waals surface area contributed by atoms with Gasteiger partial charge in [-0.2, -0.15) is 0 Å². The van der Waals surface area contributed by atoms with Gasteiger partial charge < -0.3 is 4.74 Å². The molecule has 28 heavy (non-hydrogen) atoms. The van der Waals surface area contributed by atoms with Gasteiger partial charge in [0.25, 0.3) is 0 Å². The van der Waals surface area contributed by atoms with E-state index in [-0.39, 0.29) is 12.4 Å². The number of esters is 1. The second-order valence-corrected chi connectivity index (χ2v) is 7.73. The molecule has 2 aromatic carbocycles. The van der Waals surface area contributed by atoms with Crippen molar-refractivity contribution in [3.63, 3.8) is 0 Å². The highest BCUT2D eigenvalue weighted by Crippen LogP contribution is 2.28. The van der Waals surface area contributed by atoms with Gasteiger partial charge >= 0.3 is 5.97 Å². The molecule has 0 N–H and O–H groups in total. The lowest BCUT2D eigenvalue weighted by atomic mass is 9.97. The maximum atomic E-state index is 12.4. The number of ether oxygens (including phenoxy) is 1. The number of Topliss-reactive ketones (excluding diaryl/α,β-unsaturated/α-hetero) is 1. The number of aromatic nitrogens is 1. The lowest BCUT2D eigenvalue weighted by molar-refractivity contribution is 0.0478. The molecule has 0 saturated carbocycles. The molecule has 0 saturated heterocycles. The van der Waals surface area contributed by atoms with E-state index in [2.05, 4.69) is 18.8 Å². The quantitative estimate of drug-likeness (QED) is 0.383. The van der Waals surface area contributed by atoms with E-state index in [0.29, 0.717) is 22.1 Å². The van der Waals surface area contributed by atoms with Crippen LogP contribution in [0.25, 0.3) is 10.6 Å². The molecule has 3 rings (SSSR count).